The molecular weight excluding hydrogens is 372 g/mol. The monoisotopic (exact) mass is 390 g/mol. The van der Waals surface area contributed by atoms with Crippen LogP contribution in [-0.2, 0) is 19.1 Å². The lowest BCUT2D eigenvalue weighted by molar-refractivity contribution is -0.147. The minimum Gasteiger partial charge on any atom is -0.465 e. The van der Waals surface area contributed by atoms with Crippen molar-refractivity contribution in [3.8, 4) is 0 Å². The number of ether oxygens (including phenoxy) is 2. The summed E-state index contributed by atoms with van der Waals surface area (Å²) in [5, 5.41) is 8.62. The second-order valence-corrected chi connectivity index (χ2v) is 6.08. The van der Waals surface area contributed by atoms with Crippen LogP contribution in [0.25, 0.3) is 0 Å². The topological polar surface area (TPSA) is 111 Å². The van der Waals surface area contributed by atoms with Crippen LogP contribution in [0.5, 0.6) is 0 Å². The number of esters is 2. The zero-order valence-corrected chi connectivity index (χ0v) is 15.3. The average molecular weight is 390 g/mol. The zero-order valence-electron chi connectivity index (χ0n) is 14.5. The van der Waals surface area contributed by atoms with E-state index in [1.165, 1.54) is 42.7 Å². The first-order chi connectivity index (χ1) is 13.0. The molecule has 2 N–H and O–H groups in total. The summed E-state index contributed by atoms with van der Waals surface area (Å²) in [6.45, 7) is -0.333. The zero-order chi connectivity index (χ0) is 19.6. The summed E-state index contributed by atoms with van der Waals surface area (Å²) in [6.07, 6.45) is -0.0447. The number of benzene rings is 1. The van der Waals surface area contributed by atoms with E-state index in [1.54, 1.807) is 16.8 Å². The molecule has 0 aliphatic heterocycles. The van der Waals surface area contributed by atoms with Gasteiger partial charge in [-0.25, -0.2) is 4.79 Å². The maximum atomic E-state index is 11.8. The Hall–Kier alpha value is -3.20. The van der Waals surface area contributed by atoms with Crippen LogP contribution in [0.4, 0.5) is 5.69 Å². The molecule has 2 rings (SSSR count). The number of thiophene rings is 1. The Balaban J connectivity index is 1.66. The predicted octanol–water partition coefficient (Wildman–Crippen LogP) is 1.84. The van der Waals surface area contributed by atoms with Gasteiger partial charge in [-0.3, -0.25) is 14.4 Å². The average Bonchev–Trinajstić information content (AvgIpc) is 3.21. The van der Waals surface area contributed by atoms with Gasteiger partial charge in [0, 0.05) is 23.2 Å². The highest BCUT2D eigenvalue weighted by atomic mass is 32.1. The first-order valence-corrected chi connectivity index (χ1v) is 8.88. The lowest BCUT2D eigenvalue weighted by atomic mass is 10.2. The number of carbonyl (C=O) groups is 4. The van der Waals surface area contributed by atoms with Gasteiger partial charge in [-0.15, -0.1) is 0 Å². The van der Waals surface area contributed by atoms with Crippen molar-refractivity contribution in [2.24, 2.45) is 0 Å². The van der Waals surface area contributed by atoms with Crippen LogP contribution < -0.4 is 10.6 Å². The van der Waals surface area contributed by atoms with Crippen LogP contribution in [0.1, 0.15) is 27.1 Å². The molecular formula is C18H18N2O6S. The summed E-state index contributed by atoms with van der Waals surface area (Å²) in [5.74, 6) is -1.86. The van der Waals surface area contributed by atoms with Crippen molar-refractivity contribution in [2.75, 3.05) is 25.6 Å². The molecule has 0 saturated heterocycles. The molecule has 2 aromatic rings. The molecule has 0 bridgehead atoms. The second-order valence-electron chi connectivity index (χ2n) is 5.30. The highest BCUT2D eigenvalue weighted by Gasteiger charge is 2.10. The minimum absolute atomic E-state index is 0.0447. The van der Waals surface area contributed by atoms with E-state index >= 15 is 0 Å². The summed E-state index contributed by atoms with van der Waals surface area (Å²) in [7, 11) is 1.28. The van der Waals surface area contributed by atoms with Gasteiger partial charge in [0.2, 0.25) is 0 Å². The molecule has 2 amide bonds. The van der Waals surface area contributed by atoms with Gasteiger partial charge in [-0.05, 0) is 35.7 Å². The van der Waals surface area contributed by atoms with Gasteiger partial charge in [0.15, 0.2) is 6.61 Å². The Bertz CT molecular complexity index is 802. The number of amides is 2. The maximum Gasteiger partial charge on any atom is 0.337 e. The molecule has 0 radical (unpaired) electrons. The molecule has 1 aromatic heterocycles. The quantitative estimate of drug-likeness (QED) is 0.666. The van der Waals surface area contributed by atoms with E-state index in [0.29, 0.717) is 16.8 Å². The fraction of sp³-hybridized carbons (Fsp3) is 0.222. The van der Waals surface area contributed by atoms with Crippen molar-refractivity contribution in [3.63, 3.8) is 0 Å². The molecule has 8 nitrogen and oxygen atoms in total. The van der Waals surface area contributed by atoms with Crippen LogP contribution in [0.15, 0.2) is 41.1 Å². The maximum absolute atomic E-state index is 11.8. The number of rotatable bonds is 8. The molecule has 27 heavy (non-hydrogen) atoms. The molecule has 0 unspecified atom stereocenters. The first kappa shape index (κ1) is 20.1. The van der Waals surface area contributed by atoms with Crippen molar-refractivity contribution in [3.05, 3.63) is 52.2 Å². The van der Waals surface area contributed by atoms with Gasteiger partial charge in [-0.1, -0.05) is 0 Å². The molecule has 0 atom stereocenters. The molecule has 1 heterocycles. The van der Waals surface area contributed by atoms with Crippen LogP contribution >= 0.6 is 11.3 Å². The standard InChI is InChI=1S/C18H18N2O6S/c1-25-18(24)12-2-4-14(5-3-12)20-15(21)10-26-16(22)6-8-19-17(23)13-7-9-27-11-13/h2-5,7,9,11H,6,8,10H2,1H3,(H,19,23)(H,20,21). The van der Waals surface area contributed by atoms with Crippen molar-refractivity contribution in [1.29, 1.82) is 0 Å². The van der Waals surface area contributed by atoms with Crippen molar-refractivity contribution in [2.45, 2.75) is 6.42 Å². The SMILES string of the molecule is COC(=O)c1ccc(NC(=O)COC(=O)CCNC(=O)c2ccsc2)cc1. The molecule has 0 spiro atoms. The van der Waals surface area contributed by atoms with Crippen LogP contribution in [0.3, 0.4) is 0 Å². The summed E-state index contributed by atoms with van der Waals surface area (Å²) in [6, 6.07) is 7.76. The number of hydrogen-bond acceptors (Lipinski definition) is 7. The minimum atomic E-state index is -0.600. The number of hydrogen-bond donors (Lipinski definition) is 2. The van der Waals surface area contributed by atoms with Crippen LogP contribution in [0.2, 0.25) is 0 Å². The third-order valence-corrected chi connectivity index (χ3v) is 4.04. The van der Waals surface area contributed by atoms with E-state index in [9.17, 15) is 19.2 Å². The fourth-order valence-corrected chi connectivity index (χ4v) is 2.63. The lowest BCUT2D eigenvalue weighted by Gasteiger charge is -2.08. The van der Waals surface area contributed by atoms with Gasteiger partial charge in [0.1, 0.15) is 0 Å². The van der Waals surface area contributed by atoms with E-state index in [4.69, 9.17) is 4.74 Å². The van der Waals surface area contributed by atoms with E-state index < -0.39 is 24.5 Å². The van der Waals surface area contributed by atoms with Crippen molar-refractivity contribution in [1.82, 2.24) is 5.32 Å². The summed E-state index contributed by atoms with van der Waals surface area (Å²) >= 11 is 1.40. The third-order valence-electron chi connectivity index (χ3n) is 3.35. The van der Waals surface area contributed by atoms with Gasteiger partial charge >= 0.3 is 11.9 Å². The molecule has 1 aromatic carbocycles. The van der Waals surface area contributed by atoms with Crippen LogP contribution in [0, 0.1) is 0 Å². The molecule has 142 valence electrons. The van der Waals surface area contributed by atoms with Crippen LogP contribution in [-0.4, -0.2) is 44.0 Å². The van der Waals surface area contributed by atoms with E-state index in [2.05, 4.69) is 15.4 Å². The normalized spacial score (nSPS) is 9.96. The fourth-order valence-electron chi connectivity index (χ4n) is 2.00. The molecule has 0 fully saturated rings. The van der Waals surface area contributed by atoms with Gasteiger partial charge in [0.05, 0.1) is 19.1 Å². The largest absolute Gasteiger partial charge is 0.465 e. The molecule has 9 heteroatoms. The predicted molar refractivity (Wildman–Crippen MR) is 98.6 cm³/mol. The number of anilines is 1. The molecule has 0 aliphatic carbocycles. The highest BCUT2D eigenvalue weighted by Crippen LogP contribution is 2.10. The van der Waals surface area contributed by atoms with Crippen molar-refractivity contribution >= 4 is 40.8 Å². The molecule has 0 aliphatic rings. The lowest BCUT2D eigenvalue weighted by Crippen LogP contribution is -2.27. The first-order valence-electron chi connectivity index (χ1n) is 7.94. The number of methoxy groups -OCH3 is 1. The number of nitrogens with one attached hydrogen (secondary N) is 2. The number of carbonyl (C=O) groups excluding carboxylic acids is 4. The third kappa shape index (κ3) is 6.55. The summed E-state index contributed by atoms with van der Waals surface area (Å²) in [4.78, 5) is 46.4. The Morgan fingerprint density at radius 2 is 1.78 bits per heavy atom. The van der Waals surface area contributed by atoms with Crippen molar-refractivity contribution < 1.29 is 28.7 Å². The van der Waals surface area contributed by atoms with E-state index in [-0.39, 0.29) is 18.9 Å². The Labute approximate surface area is 159 Å². The van der Waals surface area contributed by atoms with E-state index in [1.807, 2.05) is 0 Å². The Kier molecular flexibility index (Phi) is 7.50. The highest BCUT2D eigenvalue weighted by molar-refractivity contribution is 7.08. The Morgan fingerprint density at radius 3 is 2.41 bits per heavy atom. The van der Waals surface area contributed by atoms with Gasteiger partial charge in [-0.2, -0.15) is 11.3 Å². The van der Waals surface area contributed by atoms with Gasteiger partial charge in [0.25, 0.3) is 11.8 Å². The molecule has 0 saturated carbocycles. The summed E-state index contributed by atoms with van der Waals surface area (Å²) in [5.41, 5.74) is 1.34. The van der Waals surface area contributed by atoms with Gasteiger partial charge < -0.3 is 20.1 Å². The Morgan fingerprint density at radius 1 is 1.04 bits per heavy atom. The second kappa shape index (κ2) is 10.1. The smallest absolute Gasteiger partial charge is 0.337 e. The van der Waals surface area contributed by atoms with E-state index in [0.717, 1.165) is 0 Å². The summed E-state index contributed by atoms with van der Waals surface area (Å²) < 4.78 is 9.43.